The van der Waals surface area contributed by atoms with E-state index in [-0.39, 0.29) is 21.3 Å². The van der Waals surface area contributed by atoms with Crippen molar-refractivity contribution in [2.24, 2.45) is 5.14 Å². The molecule has 0 saturated carbocycles. The van der Waals surface area contributed by atoms with Crippen molar-refractivity contribution in [1.82, 2.24) is 0 Å². The Bertz CT molecular complexity index is 751. The van der Waals surface area contributed by atoms with Gasteiger partial charge in [-0.2, -0.15) is 0 Å². The largest absolute Gasteiger partial charge is 0.289 e. The molecule has 0 radical (unpaired) electrons. The van der Waals surface area contributed by atoms with Crippen molar-refractivity contribution < 1.29 is 13.2 Å². The van der Waals surface area contributed by atoms with E-state index in [9.17, 15) is 13.2 Å². The topological polar surface area (TPSA) is 77.2 Å². The molecule has 112 valence electrons. The SMILES string of the molecule is C=C(Br)/C=C\C(=C/C)C(=O)c1ccc(Cl)c(S(N)(=O)=O)c1. The summed E-state index contributed by atoms with van der Waals surface area (Å²) in [5.41, 5.74) is 0.569. The number of benzene rings is 1. The minimum Gasteiger partial charge on any atom is -0.289 e. The standard InChI is InChI=1S/C14H13BrClNO3S/c1-3-10(5-4-9(2)15)14(18)11-6-7-12(16)13(8-11)21(17,19)20/h3-8H,2H2,1H3,(H2,17,19,20)/b5-4-,10-3+. The number of hydrogen-bond acceptors (Lipinski definition) is 3. The molecule has 1 aromatic carbocycles. The highest BCUT2D eigenvalue weighted by atomic mass is 79.9. The highest BCUT2D eigenvalue weighted by Crippen LogP contribution is 2.23. The summed E-state index contributed by atoms with van der Waals surface area (Å²) >= 11 is 8.94. The Labute approximate surface area is 137 Å². The second-order valence-corrected chi connectivity index (χ2v) is 7.00. The molecule has 0 aliphatic carbocycles. The van der Waals surface area contributed by atoms with Gasteiger partial charge in [0.15, 0.2) is 5.78 Å². The molecule has 7 heteroatoms. The molecule has 0 aromatic heterocycles. The smallest absolute Gasteiger partial charge is 0.239 e. The number of carbonyl (C=O) groups is 1. The lowest BCUT2D eigenvalue weighted by Gasteiger charge is -2.06. The van der Waals surface area contributed by atoms with Crippen LogP contribution in [0.1, 0.15) is 17.3 Å². The van der Waals surface area contributed by atoms with Gasteiger partial charge in [0.1, 0.15) is 4.90 Å². The summed E-state index contributed by atoms with van der Waals surface area (Å²) in [6, 6.07) is 3.94. The van der Waals surface area contributed by atoms with Gasteiger partial charge in [0.2, 0.25) is 10.0 Å². The Balaban J connectivity index is 3.29. The number of carbonyl (C=O) groups excluding carboxylic acids is 1. The molecule has 0 spiro atoms. The van der Waals surface area contributed by atoms with Crippen LogP contribution in [-0.2, 0) is 10.0 Å². The highest BCUT2D eigenvalue weighted by Gasteiger charge is 2.17. The summed E-state index contributed by atoms with van der Waals surface area (Å²) < 4.78 is 23.4. The van der Waals surface area contributed by atoms with Gasteiger partial charge in [-0.05, 0) is 31.2 Å². The third-order valence-corrected chi connectivity index (χ3v) is 4.17. The maximum Gasteiger partial charge on any atom is 0.239 e. The van der Waals surface area contributed by atoms with Crippen LogP contribution in [0.3, 0.4) is 0 Å². The van der Waals surface area contributed by atoms with E-state index in [4.69, 9.17) is 16.7 Å². The van der Waals surface area contributed by atoms with E-state index in [2.05, 4.69) is 22.5 Å². The van der Waals surface area contributed by atoms with E-state index in [1.807, 2.05) is 0 Å². The Hall–Kier alpha value is -1.21. The number of halogens is 2. The van der Waals surface area contributed by atoms with Crippen LogP contribution in [0.2, 0.25) is 5.02 Å². The Morgan fingerprint density at radius 1 is 1.38 bits per heavy atom. The number of sulfonamides is 1. The van der Waals surface area contributed by atoms with Gasteiger partial charge in [-0.25, -0.2) is 13.6 Å². The molecule has 0 aliphatic heterocycles. The lowest BCUT2D eigenvalue weighted by atomic mass is 10.0. The van der Waals surface area contributed by atoms with Crippen molar-refractivity contribution in [2.45, 2.75) is 11.8 Å². The molecule has 0 atom stereocenters. The first kappa shape index (κ1) is 17.8. The van der Waals surface area contributed by atoms with Crippen LogP contribution in [0.5, 0.6) is 0 Å². The first-order chi connectivity index (χ1) is 9.66. The molecule has 0 heterocycles. The summed E-state index contributed by atoms with van der Waals surface area (Å²) in [5, 5.41) is 5.04. The quantitative estimate of drug-likeness (QED) is 0.474. The van der Waals surface area contributed by atoms with Gasteiger partial charge < -0.3 is 0 Å². The fourth-order valence-corrected chi connectivity index (χ4v) is 2.72. The van der Waals surface area contributed by atoms with E-state index in [0.717, 1.165) is 0 Å². The molecule has 21 heavy (non-hydrogen) atoms. The van der Waals surface area contributed by atoms with Gasteiger partial charge in [0, 0.05) is 15.6 Å². The Morgan fingerprint density at radius 2 is 2.00 bits per heavy atom. The zero-order chi connectivity index (χ0) is 16.2. The zero-order valence-corrected chi connectivity index (χ0v) is 14.3. The van der Waals surface area contributed by atoms with Crippen molar-refractivity contribution in [3.05, 3.63) is 63.6 Å². The van der Waals surface area contributed by atoms with Crippen molar-refractivity contribution >= 4 is 43.3 Å². The van der Waals surface area contributed by atoms with Crippen LogP contribution in [0.25, 0.3) is 0 Å². The highest BCUT2D eigenvalue weighted by molar-refractivity contribution is 9.11. The third kappa shape index (κ3) is 4.93. The fraction of sp³-hybridized carbons (Fsp3) is 0.0714. The normalized spacial score (nSPS) is 12.7. The molecule has 1 rings (SSSR count). The zero-order valence-electron chi connectivity index (χ0n) is 11.1. The average molecular weight is 391 g/mol. The molecule has 0 aliphatic rings. The second kappa shape index (κ2) is 7.17. The molecule has 0 unspecified atom stereocenters. The van der Waals surface area contributed by atoms with Crippen molar-refractivity contribution in [2.75, 3.05) is 0 Å². The van der Waals surface area contributed by atoms with E-state index >= 15 is 0 Å². The monoisotopic (exact) mass is 389 g/mol. The lowest BCUT2D eigenvalue weighted by Crippen LogP contribution is -2.14. The third-order valence-electron chi connectivity index (χ3n) is 2.52. The summed E-state index contributed by atoms with van der Waals surface area (Å²) in [4.78, 5) is 12.1. The van der Waals surface area contributed by atoms with Gasteiger partial charge in [-0.1, -0.05) is 46.3 Å². The van der Waals surface area contributed by atoms with Crippen LogP contribution in [0, 0.1) is 0 Å². The maximum absolute atomic E-state index is 12.3. The lowest BCUT2D eigenvalue weighted by molar-refractivity contribution is 0.103. The van der Waals surface area contributed by atoms with E-state index in [1.165, 1.54) is 18.2 Å². The van der Waals surface area contributed by atoms with Gasteiger partial charge in [0.05, 0.1) is 5.02 Å². The van der Waals surface area contributed by atoms with Gasteiger partial charge >= 0.3 is 0 Å². The number of primary sulfonamides is 1. The Kier molecular flexibility index (Phi) is 6.10. The Morgan fingerprint density at radius 3 is 2.48 bits per heavy atom. The van der Waals surface area contributed by atoms with E-state index < -0.39 is 10.0 Å². The fourth-order valence-electron chi connectivity index (χ4n) is 1.51. The minimum absolute atomic E-state index is 0.0274. The maximum atomic E-state index is 12.3. The number of Topliss-reactive ketones (excluding diaryl/α,β-unsaturated/α-hetero) is 1. The first-order valence-corrected chi connectivity index (χ1v) is 8.44. The van der Waals surface area contributed by atoms with Crippen molar-refractivity contribution in [3.63, 3.8) is 0 Å². The molecule has 0 saturated heterocycles. The summed E-state index contributed by atoms with van der Waals surface area (Å²) in [6.45, 7) is 5.33. The van der Waals surface area contributed by atoms with E-state index in [0.29, 0.717) is 10.1 Å². The molecule has 2 N–H and O–H groups in total. The predicted molar refractivity (Wildman–Crippen MR) is 88.1 cm³/mol. The number of hydrogen-bond donors (Lipinski definition) is 1. The van der Waals surface area contributed by atoms with Crippen LogP contribution in [0.4, 0.5) is 0 Å². The molecular weight excluding hydrogens is 378 g/mol. The van der Waals surface area contributed by atoms with Crippen molar-refractivity contribution in [3.8, 4) is 0 Å². The van der Waals surface area contributed by atoms with Gasteiger partial charge in [-0.3, -0.25) is 4.79 Å². The second-order valence-electron chi connectivity index (χ2n) is 4.04. The van der Waals surface area contributed by atoms with Crippen LogP contribution < -0.4 is 5.14 Å². The first-order valence-electron chi connectivity index (χ1n) is 5.72. The van der Waals surface area contributed by atoms with Gasteiger partial charge in [-0.15, -0.1) is 0 Å². The van der Waals surface area contributed by atoms with Crippen LogP contribution >= 0.6 is 27.5 Å². The molecule has 0 amide bonds. The summed E-state index contributed by atoms with van der Waals surface area (Å²) in [6.07, 6.45) is 4.80. The summed E-state index contributed by atoms with van der Waals surface area (Å²) in [5.74, 6) is -0.343. The number of ketones is 1. The molecule has 1 aromatic rings. The molecule has 0 fully saturated rings. The molecule has 4 nitrogen and oxygen atoms in total. The van der Waals surface area contributed by atoms with Crippen LogP contribution in [0.15, 0.2) is 58.0 Å². The van der Waals surface area contributed by atoms with Crippen LogP contribution in [-0.4, -0.2) is 14.2 Å². The molecular formula is C14H13BrClNO3S. The number of rotatable bonds is 5. The number of nitrogens with two attached hydrogens (primary N) is 1. The van der Waals surface area contributed by atoms with E-state index in [1.54, 1.807) is 25.2 Å². The molecule has 0 bridgehead atoms. The minimum atomic E-state index is -3.99. The van der Waals surface area contributed by atoms with Crippen molar-refractivity contribution in [1.29, 1.82) is 0 Å². The van der Waals surface area contributed by atoms with Gasteiger partial charge in [0.25, 0.3) is 0 Å². The number of allylic oxidation sites excluding steroid dienone is 5. The average Bonchev–Trinajstić information content (AvgIpc) is 2.38. The summed E-state index contributed by atoms with van der Waals surface area (Å²) in [7, 11) is -3.99. The predicted octanol–water partition coefficient (Wildman–Crippen LogP) is 3.58.